The number of halogens is 6. The number of carbonyl (C=O) groups is 2. The number of hydrogen-bond acceptors (Lipinski definition) is 5. The summed E-state index contributed by atoms with van der Waals surface area (Å²) in [6, 6.07) is 4.72. The summed E-state index contributed by atoms with van der Waals surface area (Å²) in [6.07, 6.45) is -4.92. The first-order valence-corrected chi connectivity index (χ1v) is 10.7. The van der Waals surface area contributed by atoms with Crippen molar-refractivity contribution < 1.29 is 36.3 Å². The topological polar surface area (TPSA) is 117 Å². The third kappa shape index (κ3) is 4.79. The molecule has 13 heteroatoms. The van der Waals surface area contributed by atoms with E-state index in [-0.39, 0.29) is 44.7 Å². The van der Waals surface area contributed by atoms with Crippen molar-refractivity contribution in [3.05, 3.63) is 92.5 Å². The molecule has 0 bridgehead atoms. The van der Waals surface area contributed by atoms with E-state index in [1.165, 1.54) is 12.1 Å². The van der Waals surface area contributed by atoms with Gasteiger partial charge in [0.2, 0.25) is 5.90 Å². The Balaban J connectivity index is 1.90. The fourth-order valence-corrected chi connectivity index (χ4v) is 4.21. The van der Waals surface area contributed by atoms with Crippen LogP contribution in [0.25, 0.3) is 0 Å². The fourth-order valence-electron chi connectivity index (χ4n) is 3.98. The zero-order valence-corrected chi connectivity index (χ0v) is 19.4. The minimum atomic E-state index is -4.92. The van der Waals surface area contributed by atoms with Gasteiger partial charge in [0, 0.05) is 27.4 Å². The summed E-state index contributed by atoms with van der Waals surface area (Å²) in [5.74, 6) is -4.37. The third-order valence-corrected chi connectivity index (χ3v) is 6.00. The van der Waals surface area contributed by atoms with Crippen molar-refractivity contribution in [1.82, 2.24) is 5.32 Å². The van der Waals surface area contributed by atoms with Gasteiger partial charge in [-0.1, -0.05) is 11.6 Å². The van der Waals surface area contributed by atoms with Crippen molar-refractivity contribution in [2.24, 2.45) is 0 Å². The molecule has 4 rings (SSSR count). The van der Waals surface area contributed by atoms with Gasteiger partial charge in [-0.15, -0.1) is 0 Å². The zero-order valence-electron chi connectivity index (χ0n) is 18.7. The number of nitrogens with two attached hydrogens (primary N) is 1. The van der Waals surface area contributed by atoms with Crippen LogP contribution in [-0.2, 0) is 10.9 Å². The van der Waals surface area contributed by atoms with E-state index in [2.05, 4.69) is 10.6 Å². The van der Waals surface area contributed by atoms with Crippen molar-refractivity contribution in [1.29, 1.82) is 5.41 Å². The van der Waals surface area contributed by atoms with Crippen molar-refractivity contribution in [2.75, 3.05) is 18.2 Å². The number of fused-ring (bicyclic) bond motifs is 1. The van der Waals surface area contributed by atoms with Crippen molar-refractivity contribution in [3.8, 4) is 0 Å². The summed E-state index contributed by atoms with van der Waals surface area (Å²) in [7, 11) is 1.16. The van der Waals surface area contributed by atoms with Crippen LogP contribution in [-0.4, -0.2) is 24.8 Å². The Morgan fingerprint density at radius 2 is 1.84 bits per heavy atom. The van der Waals surface area contributed by atoms with Crippen molar-refractivity contribution in [3.63, 3.8) is 0 Å². The number of amides is 2. The molecular formula is C24H16ClF5N4O3. The second kappa shape index (κ2) is 9.36. The largest absolute Gasteiger partial charge is 0.481 e. The Kier molecular flexibility index (Phi) is 6.55. The first kappa shape index (κ1) is 25.9. The number of anilines is 2. The highest BCUT2D eigenvalue weighted by atomic mass is 35.5. The lowest BCUT2D eigenvalue weighted by atomic mass is 9.92. The fraction of sp³-hybridized carbons (Fsp3) is 0.125. The molecule has 1 atom stereocenters. The average molecular weight is 539 g/mol. The Labute approximate surface area is 210 Å². The molecule has 37 heavy (non-hydrogen) atoms. The predicted molar refractivity (Wildman–Crippen MR) is 125 cm³/mol. The minimum Gasteiger partial charge on any atom is -0.481 e. The van der Waals surface area contributed by atoms with Gasteiger partial charge in [-0.05, 0) is 42.5 Å². The second-order valence-electron chi connectivity index (χ2n) is 7.96. The third-order valence-electron chi connectivity index (χ3n) is 5.65. The van der Waals surface area contributed by atoms with E-state index in [9.17, 15) is 31.5 Å². The number of nitrogens with one attached hydrogen (secondary N) is 3. The van der Waals surface area contributed by atoms with Crippen LogP contribution in [0.4, 0.5) is 33.3 Å². The molecule has 1 heterocycles. The smallest absolute Gasteiger partial charge is 0.416 e. The molecule has 0 saturated carbocycles. The van der Waals surface area contributed by atoms with E-state index in [4.69, 9.17) is 27.5 Å². The minimum absolute atomic E-state index is 0.0171. The predicted octanol–water partition coefficient (Wildman–Crippen LogP) is 5.28. The van der Waals surface area contributed by atoms with Gasteiger partial charge < -0.3 is 21.1 Å². The number of ether oxygens (including phenoxy) is 1. The summed E-state index contributed by atoms with van der Waals surface area (Å²) < 4.78 is 72.3. The standard InChI is InChI=1S/C24H16ClF5N4O3/c1-37-21(32)14-8-16(33-22(35)9-4-10(24(28,29)30)6-12(27)5-9)17-18(19(14)31)23(36)34-20(17)13-7-11(26)2-3-15(13)25/h2-8,20,32H,31H2,1H3,(H,33,35)(H,34,36). The van der Waals surface area contributed by atoms with Crippen LogP contribution in [0.3, 0.4) is 0 Å². The molecule has 0 saturated heterocycles. The number of methoxy groups -OCH3 is 1. The highest BCUT2D eigenvalue weighted by Crippen LogP contribution is 2.43. The number of nitrogen functional groups attached to an aromatic ring is 1. The molecule has 3 aromatic rings. The molecule has 7 nitrogen and oxygen atoms in total. The second-order valence-corrected chi connectivity index (χ2v) is 8.37. The van der Waals surface area contributed by atoms with Gasteiger partial charge >= 0.3 is 6.18 Å². The van der Waals surface area contributed by atoms with Crippen LogP contribution >= 0.6 is 11.6 Å². The van der Waals surface area contributed by atoms with E-state index < -0.39 is 52.7 Å². The van der Waals surface area contributed by atoms with Gasteiger partial charge in [0.05, 0.1) is 35.5 Å². The number of rotatable bonds is 4. The highest BCUT2D eigenvalue weighted by molar-refractivity contribution is 6.31. The Morgan fingerprint density at radius 3 is 2.49 bits per heavy atom. The van der Waals surface area contributed by atoms with Crippen LogP contribution in [0, 0.1) is 17.0 Å². The van der Waals surface area contributed by atoms with E-state index in [0.29, 0.717) is 12.1 Å². The van der Waals surface area contributed by atoms with Gasteiger partial charge in [-0.2, -0.15) is 13.2 Å². The van der Waals surface area contributed by atoms with E-state index >= 15 is 0 Å². The molecule has 192 valence electrons. The van der Waals surface area contributed by atoms with Crippen molar-refractivity contribution >= 4 is 40.7 Å². The zero-order chi connectivity index (χ0) is 27.2. The number of alkyl halides is 3. The Bertz CT molecular complexity index is 1480. The van der Waals surface area contributed by atoms with Gasteiger partial charge in [-0.3, -0.25) is 15.0 Å². The summed E-state index contributed by atoms with van der Waals surface area (Å²) in [5, 5.41) is 13.0. The summed E-state index contributed by atoms with van der Waals surface area (Å²) in [5.41, 5.74) is 3.52. The van der Waals surface area contributed by atoms with Crippen molar-refractivity contribution in [2.45, 2.75) is 12.2 Å². The first-order chi connectivity index (χ1) is 17.3. The van der Waals surface area contributed by atoms with Crippen LogP contribution in [0.1, 0.15) is 49.0 Å². The van der Waals surface area contributed by atoms with E-state index in [1.807, 2.05) is 0 Å². The number of benzene rings is 3. The van der Waals surface area contributed by atoms with E-state index in [1.54, 1.807) is 0 Å². The Hall–Kier alpha value is -4.19. The molecule has 2 amide bonds. The molecule has 1 aliphatic rings. The maximum Gasteiger partial charge on any atom is 0.416 e. The van der Waals surface area contributed by atoms with Crippen LogP contribution in [0.15, 0.2) is 42.5 Å². The number of hydrogen-bond donors (Lipinski definition) is 4. The normalized spacial score (nSPS) is 14.7. The Morgan fingerprint density at radius 1 is 1.14 bits per heavy atom. The quantitative estimate of drug-likeness (QED) is 0.156. The monoisotopic (exact) mass is 538 g/mol. The van der Waals surface area contributed by atoms with Crippen LogP contribution in [0.2, 0.25) is 5.02 Å². The molecule has 3 aromatic carbocycles. The summed E-state index contributed by atoms with van der Waals surface area (Å²) in [4.78, 5) is 25.9. The number of carbonyl (C=O) groups excluding carboxylic acids is 2. The lowest BCUT2D eigenvalue weighted by molar-refractivity contribution is -0.137. The van der Waals surface area contributed by atoms with Crippen LogP contribution < -0.4 is 16.4 Å². The molecule has 0 aromatic heterocycles. The van der Waals surface area contributed by atoms with Gasteiger partial charge in [0.1, 0.15) is 11.6 Å². The maximum atomic E-state index is 14.0. The molecule has 1 unspecified atom stereocenters. The molecule has 5 N–H and O–H groups in total. The maximum absolute atomic E-state index is 14.0. The summed E-state index contributed by atoms with van der Waals surface area (Å²) in [6.45, 7) is 0. The van der Waals surface area contributed by atoms with Gasteiger partial charge in [-0.25, -0.2) is 8.78 Å². The van der Waals surface area contributed by atoms with E-state index in [0.717, 1.165) is 19.2 Å². The van der Waals surface area contributed by atoms with Gasteiger partial charge in [0.25, 0.3) is 11.8 Å². The average Bonchev–Trinajstić information content (AvgIpc) is 3.18. The summed E-state index contributed by atoms with van der Waals surface area (Å²) >= 11 is 6.23. The highest BCUT2D eigenvalue weighted by Gasteiger charge is 2.38. The lowest BCUT2D eigenvalue weighted by Gasteiger charge is -2.20. The SMILES string of the molecule is COC(=N)c1cc(NC(=O)c2cc(F)cc(C(F)(F)F)c2)c2c(c1N)C(=O)NC2c1cc(F)ccc1Cl. The molecule has 0 radical (unpaired) electrons. The molecule has 0 fully saturated rings. The lowest BCUT2D eigenvalue weighted by Crippen LogP contribution is -2.21. The van der Waals surface area contributed by atoms with Crippen LogP contribution in [0.5, 0.6) is 0 Å². The first-order valence-electron chi connectivity index (χ1n) is 10.4. The molecule has 1 aliphatic heterocycles. The molecule has 0 aliphatic carbocycles. The molecule has 0 spiro atoms. The molecular weight excluding hydrogens is 523 g/mol. The van der Waals surface area contributed by atoms with Gasteiger partial charge in [0.15, 0.2) is 0 Å².